The van der Waals surface area contributed by atoms with Crippen molar-refractivity contribution in [2.45, 2.75) is 17.9 Å². The van der Waals surface area contributed by atoms with Gasteiger partial charge in [0.1, 0.15) is 0 Å². The van der Waals surface area contributed by atoms with Gasteiger partial charge in [-0.25, -0.2) is 8.42 Å². The highest BCUT2D eigenvalue weighted by molar-refractivity contribution is 7.90. The van der Waals surface area contributed by atoms with E-state index in [0.29, 0.717) is 11.5 Å². The third-order valence-corrected chi connectivity index (χ3v) is 5.53. The second kappa shape index (κ2) is 7.99. The van der Waals surface area contributed by atoms with Crippen LogP contribution in [0, 0.1) is 0 Å². The molecule has 4 aromatic rings. The van der Waals surface area contributed by atoms with Gasteiger partial charge in [0.2, 0.25) is 0 Å². The number of esters is 1. The monoisotopic (exact) mass is 423 g/mol. The van der Waals surface area contributed by atoms with Crippen molar-refractivity contribution in [2.24, 2.45) is 0 Å². The molecular formula is C20H17N5O4S. The average Bonchev–Trinajstić information content (AvgIpc) is 3.20. The van der Waals surface area contributed by atoms with Gasteiger partial charge < -0.3 is 4.74 Å². The zero-order valence-electron chi connectivity index (χ0n) is 16.0. The molecule has 0 saturated heterocycles. The van der Waals surface area contributed by atoms with Crippen LogP contribution in [-0.2, 0) is 32.4 Å². The summed E-state index contributed by atoms with van der Waals surface area (Å²) in [5.74, 6) is -0.124. The molecule has 30 heavy (non-hydrogen) atoms. The van der Waals surface area contributed by atoms with Crippen LogP contribution in [0.2, 0.25) is 0 Å². The Hall–Kier alpha value is -3.66. The molecule has 0 aliphatic carbocycles. The molecule has 0 atom stereocenters. The zero-order valence-corrected chi connectivity index (χ0v) is 16.8. The van der Waals surface area contributed by atoms with E-state index in [-0.39, 0.29) is 17.9 Å². The molecule has 10 heteroatoms. The molecular weight excluding hydrogens is 406 g/mol. The molecule has 0 saturated carbocycles. The van der Waals surface area contributed by atoms with E-state index in [0.717, 1.165) is 22.7 Å². The normalized spacial score (nSPS) is 11.5. The van der Waals surface area contributed by atoms with Gasteiger partial charge in [0.05, 0.1) is 22.5 Å². The van der Waals surface area contributed by atoms with Crippen molar-refractivity contribution < 1.29 is 17.9 Å². The number of hydrogen-bond donors (Lipinski definition) is 0. The predicted octanol–water partition coefficient (Wildman–Crippen LogP) is 1.90. The lowest BCUT2D eigenvalue weighted by Gasteiger charge is -2.07. The van der Waals surface area contributed by atoms with Gasteiger partial charge >= 0.3 is 5.97 Å². The molecule has 0 amide bonds. The van der Waals surface area contributed by atoms with Crippen LogP contribution in [0.25, 0.3) is 16.6 Å². The summed E-state index contributed by atoms with van der Waals surface area (Å²) in [7, 11) is -3.30. The minimum absolute atomic E-state index is 0.0719. The van der Waals surface area contributed by atoms with E-state index in [4.69, 9.17) is 4.74 Å². The third kappa shape index (κ3) is 4.33. The molecule has 9 nitrogen and oxygen atoms in total. The zero-order chi connectivity index (χ0) is 21.1. The number of ether oxygens (including phenoxy) is 1. The molecule has 2 heterocycles. The number of sulfone groups is 1. The van der Waals surface area contributed by atoms with E-state index in [1.54, 1.807) is 18.3 Å². The van der Waals surface area contributed by atoms with Gasteiger partial charge in [0.25, 0.3) is 0 Å². The first-order valence-electron chi connectivity index (χ1n) is 8.97. The van der Waals surface area contributed by atoms with Crippen LogP contribution in [0.1, 0.15) is 11.4 Å². The molecule has 4 rings (SSSR count). The molecule has 0 fully saturated rings. The first-order chi connectivity index (χ1) is 14.4. The quantitative estimate of drug-likeness (QED) is 0.432. The summed E-state index contributed by atoms with van der Waals surface area (Å²) in [6, 6.07) is 15.6. The van der Waals surface area contributed by atoms with Gasteiger partial charge in [-0.05, 0) is 52.4 Å². The smallest absolute Gasteiger partial charge is 0.310 e. The first-order valence-corrected chi connectivity index (χ1v) is 10.9. The molecule has 0 radical (unpaired) electrons. The number of tetrazole rings is 1. The van der Waals surface area contributed by atoms with Crippen molar-refractivity contribution in [3.05, 3.63) is 72.2 Å². The fourth-order valence-electron chi connectivity index (χ4n) is 2.91. The highest BCUT2D eigenvalue weighted by Gasteiger charge is 2.14. The van der Waals surface area contributed by atoms with Crippen LogP contribution in [0.3, 0.4) is 0 Å². The van der Waals surface area contributed by atoms with Crippen molar-refractivity contribution in [2.75, 3.05) is 6.26 Å². The van der Waals surface area contributed by atoms with Crippen molar-refractivity contribution >= 4 is 26.7 Å². The van der Waals surface area contributed by atoms with Gasteiger partial charge in [0.15, 0.2) is 22.3 Å². The lowest BCUT2D eigenvalue weighted by Crippen LogP contribution is -2.12. The number of benzene rings is 2. The highest BCUT2D eigenvalue weighted by atomic mass is 32.2. The number of carbonyl (C=O) groups is 1. The Morgan fingerprint density at radius 3 is 2.63 bits per heavy atom. The summed E-state index contributed by atoms with van der Waals surface area (Å²) in [4.78, 5) is 16.8. The van der Waals surface area contributed by atoms with Crippen LogP contribution in [-0.4, -0.2) is 45.8 Å². The maximum absolute atomic E-state index is 12.3. The van der Waals surface area contributed by atoms with Crippen molar-refractivity contribution in [1.29, 1.82) is 0 Å². The predicted molar refractivity (Wildman–Crippen MR) is 108 cm³/mol. The molecule has 2 aromatic heterocycles. The topological polar surface area (TPSA) is 117 Å². The second-order valence-electron chi connectivity index (χ2n) is 6.65. The van der Waals surface area contributed by atoms with Gasteiger partial charge in [-0.1, -0.05) is 18.2 Å². The van der Waals surface area contributed by atoms with Crippen molar-refractivity contribution in [3.8, 4) is 5.69 Å². The summed E-state index contributed by atoms with van der Waals surface area (Å²) < 4.78 is 29.9. The summed E-state index contributed by atoms with van der Waals surface area (Å²) in [5, 5.41) is 12.3. The van der Waals surface area contributed by atoms with E-state index in [2.05, 4.69) is 20.5 Å². The molecule has 0 unspecified atom stereocenters. The Labute approximate surface area is 172 Å². The molecule has 0 bridgehead atoms. The number of rotatable bonds is 6. The van der Waals surface area contributed by atoms with Crippen LogP contribution in [0.5, 0.6) is 0 Å². The Bertz CT molecular complexity index is 1320. The third-order valence-electron chi connectivity index (χ3n) is 4.40. The van der Waals surface area contributed by atoms with E-state index >= 15 is 0 Å². The Morgan fingerprint density at radius 1 is 1.10 bits per heavy atom. The SMILES string of the molecule is CS(=O)(=O)c1ccc(-n2nnnc2COC(=O)Cc2cnc3ccccc3c2)cc1. The number of hydrogen-bond acceptors (Lipinski definition) is 8. The van der Waals surface area contributed by atoms with Gasteiger partial charge in [-0.15, -0.1) is 5.10 Å². The Morgan fingerprint density at radius 2 is 1.87 bits per heavy atom. The fourth-order valence-corrected chi connectivity index (χ4v) is 3.54. The van der Waals surface area contributed by atoms with Crippen LogP contribution in [0.15, 0.2) is 65.7 Å². The molecule has 2 aromatic carbocycles. The molecule has 0 N–H and O–H groups in total. The van der Waals surface area contributed by atoms with Crippen LogP contribution in [0.4, 0.5) is 0 Å². The van der Waals surface area contributed by atoms with Gasteiger partial charge in [0, 0.05) is 17.8 Å². The minimum Gasteiger partial charge on any atom is -0.457 e. The largest absolute Gasteiger partial charge is 0.457 e. The first kappa shape index (κ1) is 19.6. The van der Waals surface area contributed by atoms with E-state index in [1.165, 1.54) is 16.8 Å². The highest BCUT2D eigenvalue weighted by Crippen LogP contribution is 2.15. The number of aromatic nitrogens is 5. The lowest BCUT2D eigenvalue weighted by atomic mass is 10.1. The van der Waals surface area contributed by atoms with Gasteiger partial charge in [-0.3, -0.25) is 9.78 Å². The number of carbonyl (C=O) groups excluding carboxylic acids is 1. The summed E-state index contributed by atoms with van der Waals surface area (Å²) in [6.07, 6.45) is 2.86. The number of nitrogens with zero attached hydrogens (tertiary/aromatic N) is 5. The lowest BCUT2D eigenvalue weighted by molar-refractivity contribution is -0.144. The minimum atomic E-state index is -3.30. The van der Waals surface area contributed by atoms with Crippen LogP contribution < -0.4 is 0 Å². The van der Waals surface area contributed by atoms with E-state index < -0.39 is 15.8 Å². The number of pyridine rings is 1. The Kier molecular flexibility index (Phi) is 5.23. The maximum Gasteiger partial charge on any atom is 0.310 e. The van der Waals surface area contributed by atoms with Crippen molar-refractivity contribution in [3.63, 3.8) is 0 Å². The molecule has 0 aliphatic rings. The summed E-state index contributed by atoms with van der Waals surface area (Å²) in [6.45, 7) is -0.124. The molecule has 0 aliphatic heterocycles. The summed E-state index contributed by atoms with van der Waals surface area (Å²) >= 11 is 0. The number of fused-ring (bicyclic) bond motifs is 1. The fraction of sp³-hybridized carbons (Fsp3) is 0.150. The summed E-state index contributed by atoms with van der Waals surface area (Å²) in [5.41, 5.74) is 2.16. The van der Waals surface area contributed by atoms with Crippen LogP contribution >= 0.6 is 0 Å². The van der Waals surface area contributed by atoms with E-state index in [1.807, 2.05) is 30.3 Å². The van der Waals surface area contributed by atoms with E-state index in [9.17, 15) is 13.2 Å². The average molecular weight is 423 g/mol. The standard InChI is InChI=1S/C20H17N5O4S/c1-30(27,28)17-8-6-16(7-9-17)25-19(22-23-24-25)13-29-20(26)11-14-10-15-4-2-3-5-18(15)21-12-14/h2-10,12H,11,13H2,1H3. The maximum atomic E-state index is 12.3. The van der Waals surface area contributed by atoms with Gasteiger partial charge in [-0.2, -0.15) is 4.68 Å². The molecule has 152 valence electrons. The van der Waals surface area contributed by atoms with Crippen molar-refractivity contribution in [1.82, 2.24) is 25.2 Å². The number of para-hydroxylation sites is 1. The Balaban J connectivity index is 1.43. The molecule has 0 spiro atoms. The second-order valence-corrected chi connectivity index (χ2v) is 8.66.